The van der Waals surface area contributed by atoms with Crippen LogP contribution in [-0.4, -0.2) is 12.3 Å². The van der Waals surface area contributed by atoms with Gasteiger partial charge in [0.25, 0.3) is 0 Å². The minimum atomic E-state index is 0.134. The number of nitrogens with zero attached hydrogens (tertiary/aromatic N) is 1. The minimum Gasteiger partial charge on any atom is -0.393 e. The van der Waals surface area contributed by atoms with E-state index < -0.39 is 0 Å². The summed E-state index contributed by atoms with van der Waals surface area (Å²) in [6.45, 7) is 3.88. The summed E-state index contributed by atoms with van der Waals surface area (Å²) in [5, 5.41) is 6.58. The maximum absolute atomic E-state index is 5.89. The molecule has 1 aromatic rings. The lowest BCUT2D eigenvalue weighted by Gasteiger charge is -1.99. The molecule has 0 N–H and O–H groups in total. The second-order valence-electron chi connectivity index (χ2n) is 2.84. The van der Waals surface area contributed by atoms with E-state index in [-0.39, 0.29) is 6.10 Å². The van der Waals surface area contributed by atoms with Crippen molar-refractivity contribution in [3.05, 3.63) is 21.3 Å². The summed E-state index contributed by atoms with van der Waals surface area (Å²) in [5.74, 6) is 0. The zero-order chi connectivity index (χ0) is 9.68. The first kappa shape index (κ1) is 10.5. The van der Waals surface area contributed by atoms with Crippen molar-refractivity contribution in [2.24, 2.45) is 5.16 Å². The van der Waals surface area contributed by atoms with Gasteiger partial charge in [-0.15, -0.1) is 11.3 Å². The Hall–Kier alpha value is -0.540. The quantitative estimate of drug-likeness (QED) is 0.560. The molecule has 1 aromatic heterocycles. The molecule has 1 rings (SSSR count). The smallest absolute Gasteiger partial charge is 0.121 e. The highest BCUT2D eigenvalue weighted by molar-refractivity contribution is 7.10. The predicted octanol–water partition coefficient (Wildman–Crippen LogP) is 3.35. The Kier molecular flexibility index (Phi) is 4.25. The Bertz CT molecular complexity index is 283. The van der Waals surface area contributed by atoms with E-state index in [4.69, 9.17) is 16.4 Å². The molecule has 0 unspecified atom stereocenters. The molecular weight excluding hydrogens is 206 g/mol. The fraction of sp³-hybridized carbons (Fsp3) is 0.444. The van der Waals surface area contributed by atoms with E-state index in [0.29, 0.717) is 0 Å². The molecule has 0 amide bonds. The number of hydrogen-bond acceptors (Lipinski definition) is 3. The van der Waals surface area contributed by atoms with E-state index in [1.807, 2.05) is 25.3 Å². The van der Waals surface area contributed by atoms with E-state index in [0.717, 1.165) is 16.3 Å². The average molecular weight is 218 g/mol. The van der Waals surface area contributed by atoms with Crippen LogP contribution in [-0.2, 0) is 11.3 Å². The molecule has 0 aliphatic heterocycles. The molecule has 1 heterocycles. The molecule has 0 spiro atoms. The summed E-state index contributed by atoms with van der Waals surface area (Å²) in [4.78, 5) is 6.13. The van der Waals surface area contributed by atoms with Crippen LogP contribution in [0.5, 0.6) is 0 Å². The second kappa shape index (κ2) is 5.25. The predicted molar refractivity (Wildman–Crippen MR) is 57.7 cm³/mol. The first-order valence-corrected chi connectivity index (χ1v) is 5.35. The second-order valence-corrected chi connectivity index (χ2v) is 4.25. The van der Waals surface area contributed by atoms with Gasteiger partial charge in [0.15, 0.2) is 0 Å². The van der Waals surface area contributed by atoms with Crippen molar-refractivity contribution in [2.75, 3.05) is 0 Å². The van der Waals surface area contributed by atoms with Gasteiger partial charge in [-0.3, -0.25) is 0 Å². The molecular formula is C9H12ClNOS. The Balaban J connectivity index is 2.35. The van der Waals surface area contributed by atoms with Gasteiger partial charge in [-0.05, 0) is 25.3 Å². The van der Waals surface area contributed by atoms with Gasteiger partial charge >= 0.3 is 0 Å². The molecule has 0 saturated carbocycles. The third-order valence-electron chi connectivity index (χ3n) is 1.31. The van der Waals surface area contributed by atoms with Gasteiger partial charge < -0.3 is 4.84 Å². The zero-order valence-corrected chi connectivity index (χ0v) is 9.23. The van der Waals surface area contributed by atoms with Crippen molar-refractivity contribution in [3.63, 3.8) is 0 Å². The van der Waals surface area contributed by atoms with Gasteiger partial charge in [-0.1, -0.05) is 16.8 Å². The third-order valence-corrected chi connectivity index (χ3v) is 2.72. The highest BCUT2D eigenvalue weighted by atomic mass is 35.5. The summed E-state index contributed by atoms with van der Waals surface area (Å²) in [7, 11) is 0. The monoisotopic (exact) mass is 217 g/mol. The van der Waals surface area contributed by atoms with Crippen LogP contribution in [0.15, 0.2) is 16.6 Å². The van der Waals surface area contributed by atoms with E-state index in [2.05, 4.69) is 5.16 Å². The highest BCUT2D eigenvalue weighted by Gasteiger charge is 1.98. The van der Waals surface area contributed by atoms with E-state index in [9.17, 15) is 0 Å². The summed E-state index contributed by atoms with van der Waals surface area (Å²) in [5.41, 5.74) is 0. The normalized spacial score (nSPS) is 11.4. The van der Waals surface area contributed by atoms with Crippen molar-refractivity contribution in [1.82, 2.24) is 0 Å². The molecule has 4 heteroatoms. The van der Waals surface area contributed by atoms with Gasteiger partial charge in [-0.2, -0.15) is 0 Å². The van der Waals surface area contributed by atoms with Gasteiger partial charge in [0.05, 0.1) is 5.02 Å². The van der Waals surface area contributed by atoms with Crippen molar-refractivity contribution >= 4 is 29.2 Å². The Morgan fingerprint density at radius 1 is 1.69 bits per heavy atom. The molecule has 0 aliphatic rings. The maximum Gasteiger partial charge on any atom is 0.121 e. The van der Waals surface area contributed by atoms with Crippen LogP contribution >= 0.6 is 22.9 Å². The van der Waals surface area contributed by atoms with Crippen molar-refractivity contribution < 1.29 is 4.84 Å². The molecule has 72 valence electrons. The number of halogens is 1. The fourth-order valence-corrected chi connectivity index (χ4v) is 1.82. The van der Waals surface area contributed by atoms with Gasteiger partial charge in [0.2, 0.25) is 0 Å². The van der Waals surface area contributed by atoms with Crippen LogP contribution in [0.2, 0.25) is 5.02 Å². The molecule has 0 saturated heterocycles. The van der Waals surface area contributed by atoms with Crippen LogP contribution in [0.4, 0.5) is 0 Å². The number of oxime groups is 1. The SMILES string of the molecule is CC(C)ON=CCc1sccc1Cl. The molecule has 2 nitrogen and oxygen atoms in total. The Morgan fingerprint density at radius 2 is 2.46 bits per heavy atom. The van der Waals surface area contributed by atoms with Crippen molar-refractivity contribution in [1.29, 1.82) is 0 Å². The van der Waals surface area contributed by atoms with Crippen LogP contribution in [0.25, 0.3) is 0 Å². The molecule has 0 radical (unpaired) electrons. The Labute approximate surface area is 87.2 Å². The van der Waals surface area contributed by atoms with Crippen LogP contribution in [0, 0.1) is 0 Å². The number of hydrogen-bond donors (Lipinski definition) is 0. The first-order valence-electron chi connectivity index (χ1n) is 4.09. The summed E-state index contributed by atoms with van der Waals surface area (Å²) in [6.07, 6.45) is 2.61. The maximum atomic E-state index is 5.89. The van der Waals surface area contributed by atoms with E-state index >= 15 is 0 Å². The largest absolute Gasteiger partial charge is 0.393 e. The first-order chi connectivity index (χ1) is 6.20. The average Bonchev–Trinajstić information content (AvgIpc) is 2.45. The van der Waals surface area contributed by atoms with Crippen LogP contribution < -0.4 is 0 Å². The van der Waals surface area contributed by atoms with Crippen LogP contribution in [0.3, 0.4) is 0 Å². The molecule has 13 heavy (non-hydrogen) atoms. The topological polar surface area (TPSA) is 21.6 Å². The van der Waals surface area contributed by atoms with Gasteiger partial charge in [0, 0.05) is 17.5 Å². The minimum absolute atomic E-state index is 0.134. The molecule has 0 atom stereocenters. The lowest BCUT2D eigenvalue weighted by molar-refractivity contribution is 0.0869. The van der Waals surface area contributed by atoms with Crippen molar-refractivity contribution in [3.8, 4) is 0 Å². The molecule has 0 aromatic carbocycles. The zero-order valence-electron chi connectivity index (χ0n) is 7.66. The number of rotatable bonds is 4. The van der Waals surface area contributed by atoms with E-state index in [1.165, 1.54) is 0 Å². The molecule has 0 fully saturated rings. The fourth-order valence-electron chi connectivity index (χ4n) is 0.756. The van der Waals surface area contributed by atoms with Gasteiger partial charge in [0.1, 0.15) is 6.10 Å². The summed E-state index contributed by atoms with van der Waals surface area (Å²) in [6, 6.07) is 1.89. The lowest BCUT2D eigenvalue weighted by Crippen LogP contribution is -1.96. The molecule has 0 aliphatic carbocycles. The lowest BCUT2D eigenvalue weighted by atomic mass is 10.4. The van der Waals surface area contributed by atoms with Crippen LogP contribution in [0.1, 0.15) is 18.7 Å². The van der Waals surface area contributed by atoms with Gasteiger partial charge in [-0.25, -0.2) is 0 Å². The van der Waals surface area contributed by atoms with Crippen molar-refractivity contribution in [2.45, 2.75) is 26.4 Å². The summed E-state index contributed by atoms with van der Waals surface area (Å²) >= 11 is 7.52. The summed E-state index contributed by atoms with van der Waals surface area (Å²) < 4.78 is 0. The standard InChI is InChI=1S/C9H12ClNOS/c1-7(2)12-11-5-3-9-8(10)4-6-13-9/h4-7H,3H2,1-2H3. The third kappa shape index (κ3) is 3.79. The van der Waals surface area contributed by atoms with E-state index in [1.54, 1.807) is 17.6 Å². The highest BCUT2D eigenvalue weighted by Crippen LogP contribution is 2.21. The Morgan fingerprint density at radius 3 is 3.00 bits per heavy atom. The number of thiophene rings is 1. The molecule has 0 bridgehead atoms.